The molecule has 1 aromatic rings. The minimum atomic E-state index is 0.149. The fourth-order valence-electron chi connectivity index (χ4n) is 1.61. The Kier molecular flexibility index (Phi) is 2.90. The van der Waals surface area contributed by atoms with Crippen molar-refractivity contribution in [3.8, 4) is 0 Å². The Labute approximate surface area is 96.8 Å². The Hall–Kier alpha value is -1.10. The molecule has 1 atom stereocenters. The van der Waals surface area contributed by atoms with Crippen molar-refractivity contribution in [1.82, 2.24) is 4.98 Å². The van der Waals surface area contributed by atoms with Gasteiger partial charge in [0, 0.05) is 24.8 Å². The zero-order chi connectivity index (χ0) is 10.8. The molecule has 1 aliphatic rings. The number of hydrogen-bond acceptors (Lipinski definition) is 3. The highest BCUT2D eigenvalue weighted by Gasteiger charge is 2.28. The first-order valence-electron chi connectivity index (χ1n) is 4.79. The molecule has 4 nitrogen and oxygen atoms in total. The molecule has 80 valence electrons. The SMILES string of the molecule is CNc1ccc(N2CC(Br)CC2=O)cn1. The number of aromatic nitrogens is 1. The average molecular weight is 270 g/mol. The van der Waals surface area contributed by atoms with Gasteiger partial charge in [-0.05, 0) is 12.1 Å². The Morgan fingerprint density at radius 1 is 1.60 bits per heavy atom. The van der Waals surface area contributed by atoms with Crippen molar-refractivity contribution in [1.29, 1.82) is 0 Å². The van der Waals surface area contributed by atoms with Crippen LogP contribution in [0.1, 0.15) is 6.42 Å². The molecule has 0 aromatic carbocycles. The summed E-state index contributed by atoms with van der Waals surface area (Å²) in [6, 6.07) is 3.77. The predicted molar refractivity (Wildman–Crippen MR) is 63.5 cm³/mol. The number of carbonyl (C=O) groups is 1. The summed E-state index contributed by atoms with van der Waals surface area (Å²) < 4.78 is 0. The predicted octanol–water partition coefficient (Wildman–Crippen LogP) is 1.62. The van der Waals surface area contributed by atoms with E-state index in [1.807, 2.05) is 19.2 Å². The number of amides is 1. The van der Waals surface area contributed by atoms with E-state index in [2.05, 4.69) is 26.2 Å². The Morgan fingerprint density at radius 3 is 2.87 bits per heavy atom. The topological polar surface area (TPSA) is 45.2 Å². The molecule has 1 unspecified atom stereocenters. The minimum absolute atomic E-state index is 0.149. The molecule has 0 bridgehead atoms. The summed E-state index contributed by atoms with van der Waals surface area (Å²) in [6.07, 6.45) is 2.28. The molecule has 1 saturated heterocycles. The van der Waals surface area contributed by atoms with Crippen LogP contribution in [0.25, 0.3) is 0 Å². The van der Waals surface area contributed by atoms with Crippen LogP contribution in [-0.4, -0.2) is 29.3 Å². The lowest BCUT2D eigenvalue weighted by molar-refractivity contribution is -0.117. The highest BCUT2D eigenvalue weighted by Crippen LogP contribution is 2.24. The van der Waals surface area contributed by atoms with Crippen LogP contribution in [0.2, 0.25) is 0 Å². The molecule has 15 heavy (non-hydrogen) atoms. The largest absolute Gasteiger partial charge is 0.373 e. The first-order chi connectivity index (χ1) is 7.20. The van der Waals surface area contributed by atoms with Crippen LogP contribution >= 0.6 is 15.9 Å². The first-order valence-corrected chi connectivity index (χ1v) is 5.70. The van der Waals surface area contributed by atoms with Gasteiger partial charge >= 0.3 is 0 Å². The lowest BCUT2D eigenvalue weighted by Crippen LogP contribution is -2.24. The van der Waals surface area contributed by atoms with Crippen LogP contribution in [0.4, 0.5) is 11.5 Å². The van der Waals surface area contributed by atoms with Gasteiger partial charge in [0.2, 0.25) is 5.91 Å². The van der Waals surface area contributed by atoms with E-state index < -0.39 is 0 Å². The van der Waals surface area contributed by atoms with Gasteiger partial charge in [-0.1, -0.05) is 15.9 Å². The maximum absolute atomic E-state index is 11.6. The zero-order valence-electron chi connectivity index (χ0n) is 8.40. The van der Waals surface area contributed by atoms with Gasteiger partial charge in [-0.2, -0.15) is 0 Å². The number of carbonyl (C=O) groups excluding carboxylic acids is 1. The molecule has 0 aliphatic carbocycles. The van der Waals surface area contributed by atoms with Crippen LogP contribution in [0, 0.1) is 0 Å². The number of hydrogen-bond donors (Lipinski definition) is 1. The molecule has 0 spiro atoms. The van der Waals surface area contributed by atoms with Gasteiger partial charge in [-0.3, -0.25) is 4.79 Å². The Morgan fingerprint density at radius 2 is 2.40 bits per heavy atom. The highest BCUT2D eigenvalue weighted by molar-refractivity contribution is 9.09. The minimum Gasteiger partial charge on any atom is -0.373 e. The normalized spacial score (nSPS) is 20.8. The molecule has 0 saturated carbocycles. The summed E-state index contributed by atoms with van der Waals surface area (Å²) in [5.74, 6) is 0.955. The van der Waals surface area contributed by atoms with E-state index in [1.54, 1.807) is 11.1 Å². The van der Waals surface area contributed by atoms with Gasteiger partial charge in [0.05, 0.1) is 11.9 Å². The molecule has 1 aliphatic heterocycles. The summed E-state index contributed by atoms with van der Waals surface area (Å²) in [6.45, 7) is 0.722. The standard InChI is InChI=1S/C10H12BrN3O/c1-12-9-3-2-8(5-13-9)14-6-7(11)4-10(14)15/h2-3,5,7H,4,6H2,1H3,(H,12,13). The lowest BCUT2D eigenvalue weighted by Gasteiger charge is -2.15. The molecule has 1 aromatic heterocycles. The number of nitrogens with one attached hydrogen (secondary N) is 1. The van der Waals surface area contributed by atoms with E-state index in [1.165, 1.54) is 0 Å². The van der Waals surface area contributed by atoms with Crippen molar-refractivity contribution in [2.45, 2.75) is 11.2 Å². The van der Waals surface area contributed by atoms with Crippen molar-refractivity contribution >= 4 is 33.3 Å². The second-order valence-electron chi connectivity index (χ2n) is 3.46. The fraction of sp³-hybridized carbons (Fsp3) is 0.400. The monoisotopic (exact) mass is 269 g/mol. The summed E-state index contributed by atoms with van der Waals surface area (Å²) in [5.41, 5.74) is 0.862. The van der Waals surface area contributed by atoms with Crippen molar-refractivity contribution in [3.63, 3.8) is 0 Å². The van der Waals surface area contributed by atoms with Gasteiger partial charge in [-0.25, -0.2) is 4.98 Å². The Balaban J connectivity index is 2.19. The van der Waals surface area contributed by atoms with Gasteiger partial charge in [0.15, 0.2) is 0 Å². The number of alkyl halides is 1. The second-order valence-corrected chi connectivity index (χ2v) is 4.75. The second kappa shape index (κ2) is 4.18. The smallest absolute Gasteiger partial charge is 0.228 e. The van der Waals surface area contributed by atoms with Crippen molar-refractivity contribution in [2.24, 2.45) is 0 Å². The number of rotatable bonds is 2. The molecule has 2 heterocycles. The maximum Gasteiger partial charge on any atom is 0.228 e. The zero-order valence-corrected chi connectivity index (χ0v) is 9.99. The van der Waals surface area contributed by atoms with Crippen molar-refractivity contribution in [3.05, 3.63) is 18.3 Å². The van der Waals surface area contributed by atoms with Crippen LogP contribution in [0.5, 0.6) is 0 Å². The lowest BCUT2D eigenvalue weighted by atomic mass is 10.3. The van der Waals surface area contributed by atoms with E-state index in [-0.39, 0.29) is 10.7 Å². The number of anilines is 2. The molecule has 2 rings (SSSR count). The van der Waals surface area contributed by atoms with Gasteiger partial charge in [0.1, 0.15) is 5.82 Å². The van der Waals surface area contributed by atoms with Gasteiger partial charge < -0.3 is 10.2 Å². The third kappa shape index (κ3) is 2.12. The summed E-state index contributed by atoms with van der Waals surface area (Å²) in [5, 5.41) is 2.94. The van der Waals surface area contributed by atoms with E-state index in [0.29, 0.717) is 6.42 Å². The van der Waals surface area contributed by atoms with E-state index >= 15 is 0 Å². The van der Waals surface area contributed by atoms with E-state index in [9.17, 15) is 4.79 Å². The summed E-state index contributed by atoms with van der Waals surface area (Å²) >= 11 is 3.45. The number of pyridine rings is 1. The maximum atomic E-state index is 11.6. The van der Waals surface area contributed by atoms with Crippen LogP contribution < -0.4 is 10.2 Å². The Bertz CT molecular complexity index is 365. The van der Waals surface area contributed by atoms with Crippen molar-refractivity contribution in [2.75, 3.05) is 23.8 Å². The van der Waals surface area contributed by atoms with Crippen molar-refractivity contribution < 1.29 is 4.79 Å². The first kappa shape index (κ1) is 10.4. The quantitative estimate of drug-likeness (QED) is 0.831. The summed E-state index contributed by atoms with van der Waals surface area (Å²) in [7, 11) is 1.82. The van der Waals surface area contributed by atoms with E-state index in [0.717, 1.165) is 18.1 Å². The summed E-state index contributed by atoms with van der Waals surface area (Å²) in [4.78, 5) is 17.8. The van der Waals surface area contributed by atoms with Crippen LogP contribution in [-0.2, 0) is 4.79 Å². The van der Waals surface area contributed by atoms with Gasteiger partial charge in [0.25, 0.3) is 0 Å². The highest BCUT2D eigenvalue weighted by atomic mass is 79.9. The fourth-order valence-corrected chi connectivity index (χ4v) is 2.17. The van der Waals surface area contributed by atoms with Crippen LogP contribution in [0.3, 0.4) is 0 Å². The number of nitrogens with zero attached hydrogens (tertiary/aromatic N) is 2. The van der Waals surface area contributed by atoms with Crippen LogP contribution in [0.15, 0.2) is 18.3 Å². The molecular formula is C10H12BrN3O. The third-order valence-corrected chi connectivity index (χ3v) is 3.01. The molecular weight excluding hydrogens is 258 g/mol. The van der Waals surface area contributed by atoms with E-state index in [4.69, 9.17) is 0 Å². The number of halogens is 1. The molecule has 1 fully saturated rings. The molecule has 1 N–H and O–H groups in total. The average Bonchev–Trinajstić information content (AvgIpc) is 2.58. The molecule has 1 amide bonds. The van der Waals surface area contributed by atoms with Gasteiger partial charge in [-0.15, -0.1) is 0 Å². The molecule has 0 radical (unpaired) electrons. The molecule has 5 heteroatoms. The third-order valence-electron chi connectivity index (χ3n) is 2.39.